The van der Waals surface area contributed by atoms with Crippen LogP contribution in [0.25, 0.3) is 16.6 Å². The fraction of sp³-hybridized carbons (Fsp3) is 0.200. The maximum absolute atomic E-state index is 13.4. The van der Waals surface area contributed by atoms with Gasteiger partial charge in [0.25, 0.3) is 0 Å². The molecule has 1 fully saturated rings. The number of piperidine rings is 1. The van der Waals surface area contributed by atoms with Gasteiger partial charge in [0.1, 0.15) is 20.5 Å². The van der Waals surface area contributed by atoms with Gasteiger partial charge in [0.15, 0.2) is 0 Å². The molecule has 1 unspecified atom stereocenters. The highest BCUT2D eigenvalue weighted by Gasteiger charge is 2.24. The fourth-order valence-corrected chi connectivity index (χ4v) is 5.24. The highest BCUT2D eigenvalue weighted by molar-refractivity contribution is 7.29. The zero-order chi connectivity index (χ0) is 21.2. The minimum Gasteiger partial charge on any atom is -0.461 e. The Morgan fingerprint density at radius 2 is 1.68 bits per heavy atom. The predicted molar refractivity (Wildman–Crippen MR) is 127 cm³/mol. The normalized spacial score (nSPS) is 15.8. The maximum atomic E-state index is 13.4. The van der Waals surface area contributed by atoms with Crippen molar-refractivity contribution in [2.75, 3.05) is 13.1 Å². The van der Waals surface area contributed by atoms with Crippen LogP contribution in [-0.2, 0) is 0 Å². The van der Waals surface area contributed by atoms with E-state index in [0.717, 1.165) is 47.9 Å². The van der Waals surface area contributed by atoms with Gasteiger partial charge in [0, 0.05) is 35.4 Å². The van der Waals surface area contributed by atoms with Crippen LogP contribution in [0, 0.1) is 5.82 Å². The molecule has 158 valence electrons. The van der Waals surface area contributed by atoms with E-state index in [1.807, 2.05) is 48.5 Å². The van der Waals surface area contributed by atoms with Crippen molar-refractivity contribution in [1.82, 2.24) is 9.24 Å². The average molecular weight is 453 g/mol. The zero-order valence-electron chi connectivity index (χ0n) is 17.0. The summed E-state index contributed by atoms with van der Waals surface area (Å²) in [5.41, 5.74) is 3.37. The Bertz CT molecular complexity index is 1170. The molecule has 1 aliphatic heterocycles. The smallest absolute Gasteiger partial charge is 0.149 e. The maximum Gasteiger partial charge on any atom is 0.149 e. The van der Waals surface area contributed by atoms with Crippen LogP contribution >= 0.6 is 20.6 Å². The van der Waals surface area contributed by atoms with Gasteiger partial charge in [0.05, 0.1) is 5.52 Å². The number of rotatable bonds is 5. The van der Waals surface area contributed by atoms with Crippen LogP contribution in [0.3, 0.4) is 0 Å². The molecule has 6 heteroatoms. The molecule has 2 heterocycles. The van der Waals surface area contributed by atoms with Gasteiger partial charge >= 0.3 is 0 Å². The van der Waals surface area contributed by atoms with Crippen LogP contribution in [0.1, 0.15) is 24.3 Å². The molecule has 0 aliphatic carbocycles. The second-order valence-corrected chi connectivity index (χ2v) is 9.32. The van der Waals surface area contributed by atoms with Gasteiger partial charge in [-0.1, -0.05) is 29.8 Å². The molecule has 1 aliphatic rings. The van der Waals surface area contributed by atoms with Gasteiger partial charge in [-0.2, -0.15) is 0 Å². The number of benzene rings is 3. The first-order valence-corrected chi connectivity index (χ1v) is 11.7. The van der Waals surface area contributed by atoms with Crippen molar-refractivity contribution in [3.63, 3.8) is 0 Å². The summed E-state index contributed by atoms with van der Waals surface area (Å²) in [6.45, 7) is 2.00. The van der Waals surface area contributed by atoms with E-state index < -0.39 is 0 Å². The summed E-state index contributed by atoms with van der Waals surface area (Å²) in [6, 6.07) is 22.6. The number of hydrogen-bond acceptors (Lipinski definition) is 2. The standard InChI is InChI=1S/C25H23ClFN2OP/c26-19-6-11-25-23(16-19)24(17-29(25)21-9-7-20(27)8-10-21)18-12-14-28(15-13-18)31-30-22-4-2-1-3-5-22/h1-11,16-18,31H,12-15H2. The number of nitrogens with zero attached hydrogens (tertiary/aromatic N) is 2. The van der Waals surface area contributed by atoms with Crippen molar-refractivity contribution in [2.24, 2.45) is 0 Å². The van der Waals surface area contributed by atoms with Gasteiger partial charge in [-0.05, 0) is 78.9 Å². The van der Waals surface area contributed by atoms with Gasteiger partial charge < -0.3 is 9.09 Å². The Balaban J connectivity index is 1.35. The van der Waals surface area contributed by atoms with E-state index in [9.17, 15) is 4.39 Å². The summed E-state index contributed by atoms with van der Waals surface area (Å²) in [5.74, 6) is 1.15. The van der Waals surface area contributed by atoms with E-state index in [1.165, 1.54) is 23.1 Å². The summed E-state index contributed by atoms with van der Waals surface area (Å²) in [7, 11) is 0.338. The van der Waals surface area contributed by atoms with E-state index in [4.69, 9.17) is 16.1 Å². The Hall–Kier alpha value is -2.39. The highest BCUT2D eigenvalue weighted by Crippen LogP contribution is 2.39. The summed E-state index contributed by atoms with van der Waals surface area (Å²) >= 11 is 6.35. The van der Waals surface area contributed by atoms with Gasteiger partial charge in [-0.15, -0.1) is 0 Å². The van der Waals surface area contributed by atoms with Gasteiger partial charge in [0.2, 0.25) is 0 Å². The first-order valence-electron chi connectivity index (χ1n) is 10.5. The summed E-state index contributed by atoms with van der Waals surface area (Å²) < 4.78 is 23.9. The molecule has 5 rings (SSSR count). The van der Waals surface area contributed by atoms with E-state index in [0.29, 0.717) is 14.9 Å². The Kier molecular flexibility index (Phi) is 5.95. The lowest BCUT2D eigenvalue weighted by atomic mass is 9.90. The Labute approximate surface area is 188 Å². The molecular weight excluding hydrogens is 430 g/mol. The number of aromatic nitrogens is 1. The predicted octanol–water partition coefficient (Wildman–Crippen LogP) is 7.19. The van der Waals surface area contributed by atoms with Crippen LogP contribution in [0.2, 0.25) is 5.02 Å². The minimum absolute atomic E-state index is 0.227. The molecule has 0 radical (unpaired) electrons. The van der Waals surface area contributed by atoms with Crippen molar-refractivity contribution in [2.45, 2.75) is 18.8 Å². The number of fused-ring (bicyclic) bond motifs is 1. The third-order valence-electron chi connectivity index (χ3n) is 5.87. The van der Waals surface area contributed by atoms with Crippen molar-refractivity contribution >= 4 is 31.5 Å². The van der Waals surface area contributed by atoms with Crippen LogP contribution < -0.4 is 4.52 Å². The molecule has 3 aromatic carbocycles. The second kappa shape index (κ2) is 9.00. The molecular formula is C25H23ClFN2OP. The summed E-state index contributed by atoms with van der Waals surface area (Å²) in [6.07, 6.45) is 4.34. The van der Waals surface area contributed by atoms with E-state index >= 15 is 0 Å². The highest BCUT2D eigenvalue weighted by atomic mass is 35.5. The Morgan fingerprint density at radius 3 is 2.42 bits per heavy atom. The van der Waals surface area contributed by atoms with Crippen molar-refractivity contribution in [3.05, 3.63) is 95.4 Å². The minimum atomic E-state index is -0.227. The number of para-hydroxylation sites is 1. The monoisotopic (exact) mass is 452 g/mol. The molecule has 0 saturated carbocycles. The van der Waals surface area contributed by atoms with Gasteiger partial charge in [-0.25, -0.2) is 4.39 Å². The lowest BCUT2D eigenvalue weighted by Crippen LogP contribution is -2.27. The molecule has 0 bridgehead atoms. The van der Waals surface area contributed by atoms with Crippen molar-refractivity contribution < 1.29 is 8.91 Å². The molecule has 4 aromatic rings. The lowest BCUT2D eigenvalue weighted by molar-refractivity contribution is 0.326. The molecule has 0 amide bonds. The molecule has 31 heavy (non-hydrogen) atoms. The fourth-order valence-electron chi connectivity index (χ4n) is 4.26. The van der Waals surface area contributed by atoms with Gasteiger partial charge in [-0.3, -0.25) is 4.67 Å². The first-order chi connectivity index (χ1) is 15.2. The number of hydrogen-bond donors (Lipinski definition) is 0. The topological polar surface area (TPSA) is 17.4 Å². The first kappa shape index (κ1) is 20.5. The van der Waals surface area contributed by atoms with Crippen LogP contribution in [0.4, 0.5) is 4.39 Å². The van der Waals surface area contributed by atoms with Crippen LogP contribution in [0.5, 0.6) is 5.75 Å². The molecule has 0 spiro atoms. The Morgan fingerprint density at radius 1 is 0.935 bits per heavy atom. The summed E-state index contributed by atoms with van der Waals surface area (Å²) in [5, 5.41) is 1.92. The van der Waals surface area contributed by atoms with Crippen molar-refractivity contribution in [1.29, 1.82) is 0 Å². The third kappa shape index (κ3) is 4.48. The SMILES string of the molecule is Fc1ccc(-n2cc(C3CCN(POc4ccccc4)CC3)c3cc(Cl)ccc32)cc1. The number of halogens is 2. The molecule has 1 aromatic heterocycles. The quantitative estimate of drug-likeness (QED) is 0.298. The summed E-state index contributed by atoms with van der Waals surface area (Å²) in [4.78, 5) is 0. The second-order valence-electron chi connectivity index (χ2n) is 7.86. The van der Waals surface area contributed by atoms with E-state index in [2.05, 4.69) is 27.6 Å². The average Bonchev–Trinajstić information content (AvgIpc) is 3.18. The van der Waals surface area contributed by atoms with Crippen LogP contribution in [-0.4, -0.2) is 22.3 Å². The van der Waals surface area contributed by atoms with E-state index in [-0.39, 0.29) is 5.82 Å². The largest absolute Gasteiger partial charge is 0.461 e. The van der Waals surface area contributed by atoms with E-state index in [1.54, 1.807) is 0 Å². The van der Waals surface area contributed by atoms with Crippen molar-refractivity contribution in [3.8, 4) is 11.4 Å². The molecule has 3 nitrogen and oxygen atoms in total. The molecule has 1 saturated heterocycles. The molecule has 0 N–H and O–H groups in total. The molecule has 1 atom stereocenters. The zero-order valence-corrected chi connectivity index (χ0v) is 18.7. The lowest BCUT2D eigenvalue weighted by Gasteiger charge is -2.31. The van der Waals surface area contributed by atoms with Crippen LogP contribution in [0.15, 0.2) is 79.0 Å². The third-order valence-corrected chi connectivity index (χ3v) is 7.14.